The zero-order valence-corrected chi connectivity index (χ0v) is 21.2. The van der Waals surface area contributed by atoms with Gasteiger partial charge >= 0.3 is 0 Å². The van der Waals surface area contributed by atoms with E-state index in [9.17, 15) is 4.79 Å². The van der Waals surface area contributed by atoms with Crippen LogP contribution in [-0.2, 0) is 0 Å². The van der Waals surface area contributed by atoms with E-state index in [4.69, 9.17) is 17.3 Å². The zero-order valence-electron chi connectivity index (χ0n) is 17.2. The van der Waals surface area contributed by atoms with Gasteiger partial charge < -0.3 is 21.3 Å². The standard InChI is InChI=1S/C20H23ClN6OS.3ClH/c21-15-12-25-20(24-5-2-8-27-9-6-23-7-10-27)26-18(15)17-11-14-13(19(22)28)3-1-4-16(14)29-17;;;/h1,3-4,11-12,23H,2,5-10H2,(H2,22,28)(H,24,25,26);3*1H. The highest BCUT2D eigenvalue weighted by Crippen LogP contribution is 2.37. The largest absolute Gasteiger partial charge is 0.366 e. The second-order valence-electron chi connectivity index (χ2n) is 6.95. The minimum Gasteiger partial charge on any atom is -0.366 e. The molecule has 0 spiro atoms. The number of benzene rings is 1. The first-order chi connectivity index (χ1) is 14.1. The van der Waals surface area contributed by atoms with Crippen molar-refractivity contribution in [1.29, 1.82) is 0 Å². The maximum atomic E-state index is 11.7. The molecule has 4 rings (SSSR count). The summed E-state index contributed by atoms with van der Waals surface area (Å²) in [6.07, 6.45) is 2.63. The molecule has 0 saturated carbocycles. The number of primary amides is 1. The quantitative estimate of drug-likeness (QED) is 0.391. The molecule has 4 N–H and O–H groups in total. The first kappa shape index (κ1) is 28.6. The van der Waals surface area contributed by atoms with Crippen LogP contribution in [0.25, 0.3) is 20.7 Å². The summed E-state index contributed by atoms with van der Waals surface area (Å²) < 4.78 is 0.969. The Bertz CT molecular complexity index is 1030. The van der Waals surface area contributed by atoms with Gasteiger partial charge in [0.25, 0.3) is 0 Å². The summed E-state index contributed by atoms with van der Waals surface area (Å²) in [6.45, 7) is 6.17. The van der Waals surface area contributed by atoms with Crippen LogP contribution < -0.4 is 16.4 Å². The molecule has 176 valence electrons. The molecule has 1 fully saturated rings. The van der Waals surface area contributed by atoms with Gasteiger partial charge in [0.1, 0.15) is 5.69 Å². The summed E-state index contributed by atoms with van der Waals surface area (Å²) in [5.74, 6) is 0.109. The lowest BCUT2D eigenvalue weighted by molar-refractivity contribution is 0.100. The Morgan fingerprint density at radius 3 is 2.72 bits per heavy atom. The molecule has 1 aliphatic heterocycles. The minimum atomic E-state index is -0.444. The summed E-state index contributed by atoms with van der Waals surface area (Å²) >= 11 is 7.90. The lowest BCUT2D eigenvalue weighted by atomic mass is 10.1. The second-order valence-corrected chi connectivity index (χ2v) is 8.45. The first-order valence-electron chi connectivity index (χ1n) is 9.64. The first-order valence-corrected chi connectivity index (χ1v) is 10.8. The van der Waals surface area contributed by atoms with Crippen LogP contribution in [-0.4, -0.2) is 60.0 Å². The number of fused-ring (bicyclic) bond motifs is 1. The smallest absolute Gasteiger partial charge is 0.249 e. The van der Waals surface area contributed by atoms with Crippen molar-refractivity contribution in [2.24, 2.45) is 5.73 Å². The van der Waals surface area contributed by atoms with Crippen molar-refractivity contribution < 1.29 is 4.79 Å². The number of nitrogens with zero attached hydrogens (tertiary/aromatic N) is 3. The Labute approximate surface area is 214 Å². The number of hydrogen-bond acceptors (Lipinski definition) is 7. The number of nitrogens with two attached hydrogens (primary N) is 1. The van der Waals surface area contributed by atoms with Gasteiger partial charge in [-0.3, -0.25) is 4.79 Å². The molecule has 2 aromatic heterocycles. The highest BCUT2D eigenvalue weighted by molar-refractivity contribution is 7.22. The number of carbonyl (C=O) groups is 1. The van der Waals surface area contributed by atoms with Crippen molar-refractivity contribution in [3.8, 4) is 10.6 Å². The average Bonchev–Trinajstić information content (AvgIpc) is 3.17. The van der Waals surface area contributed by atoms with Gasteiger partial charge in [-0.05, 0) is 31.2 Å². The number of nitrogens with one attached hydrogen (secondary N) is 2. The average molecular weight is 540 g/mol. The number of aromatic nitrogens is 2. The summed E-state index contributed by atoms with van der Waals surface area (Å²) in [5.41, 5.74) is 6.66. The van der Waals surface area contributed by atoms with Gasteiger partial charge in [-0.2, -0.15) is 0 Å². The van der Waals surface area contributed by atoms with Crippen molar-refractivity contribution in [3.05, 3.63) is 41.0 Å². The van der Waals surface area contributed by atoms with E-state index in [1.54, 1.807) is 12.3 Å². The van der Waals surface area contributed by atoms with Crippen molar-refractivity contribution in [3.63, 3.8) is 0 Å². The minimum absolute atomic E-state index is 0. The molecule has 32 heavy (non-hydrogen) atoms. The number of thiophene rings is 1. The second kappa shape index (κ2) is 13.3. The number of carbonyl (C=O) groups excluding carboxylic acids is 1. The van der Waals surface area contributed by atoms with Gasteiger partial charge in [0.05, 0.1) is 16.1 Å². The molecule has 1 saturated heterocycles. The Morgan fingerprint density at radius 2 is 2.00 bits per heavy atom. The maximum absolute atomic E-state index is 11.7. The van der Waals surface area contributed by atoms with Gasteiger partial charge in [-0.25, -0.2) is 9.97 Å². The van der Waals surface area contributed by atoms with Crippen LogP contribution in [0.3, 0.4) is 0 Å². The molecule has 0 aliphatic carbocycles. The molecular weight excluding hydrogens is 514 g/mol. The fourth-order valence-electron chi connectivity index (χ4n) is 3.46. The van der Waals surface area contributed by atoms with Crippen LogP contribution in [0.5, 0.6) is 0 Å². The Morgan fingerprint density at radius 1 is 1.25 bits per heavy atom. The van der Waals surface area contributed by atoms with Crippen molar-refractivity contribution in [2.45, 2.75) is 6.42 Å². The molecule has 1 amide bonds. The number of hydrogen-bond donors (Lipinski definition) is 3. The van der Waals surface area contributed by atoms with Gasteiger partial charge in [0, 0.05) is 48.4 Å². The molecular formula is C20H26Cl4N6OS. The highest BCUT2D eigenvalue weighted by atomic mass is 35.5. The third-order valence-electron chi connectivity index (χ3n) is 4.95. The number of amides is 1. The fourth-order valence-corrected chi connectivity index (χ4v) is 4.80. The highest BCUT2D eigenvalue weighted by Gasteiger charge is 2.15. The lowest BCUT2D eigenvalue weighted by Crippen LogP contribution is -2.44. The van der Waals surface area contributed by atoms with E-state index < -0.39 is 5.91 Å². The van der Waals surface area contributed by atoms with Crippen LogP contribution in [0, 0.1) is 0 Å². The van der Waals surface area contributed by atoms with E-state index in [-0.39, 0.29) is 37.2 Å². The Hall–Kier alpha value is -1.39. The molecule has 1 aliphatic rings. The van der Waals surface area contributed by atoms with Crippen LogP contribution >= 0.6 is 60.2 Å². The van der Waals surface area contributed by atoms with Crippen LogP contribution in [0.4, 0.5) is 5.95 Å². The fraction of sp³-hybridized carbons (Fsp3) is 0.350. The van der Waals surface area contributed by atoms with Crippen molar-refractivity contribution in [2.75, 3.05) is 44.6 Å². The van der Waals surface area contributed by atoms with Crippen molar-refractivity contribution in [1.82, 2.24) is 20.2 Å². The number of halogens is 4. The van der Waals surface area contributed by atoms with Crippen molar-refractivity contribution >= 4 is 82.1 Å². The normalized spacial score (nSPS) is 13.5. The molecule has 0 unspecified atom stereocenters. The van der Waals surface area contributed by atoms with E-state index in [0.29, 0.717) is 22.2 Å². The van der Waals surface area contributed by atoms with Crippen LogP contribution in [0.1, 0.15) is 16.8 Å². The number of piperazine rings is 1. The van der Waals surface area contributed by atoms with Gasteiger partial charge in [0.2, 0.25) is 11.9 Å². The Balaban J connectivity index is 0.00000171. The predicted octanol–water partition coefficient (Wildman–Crippen LogP) is 4.08. The molecule has 12 heteroatoms. The predicted molar refractivity (Wildman–Crippen MR) is 141 cm³/mol. The number of anilines is 1. The van der Waals surface area contributed by atoms with Gasteiger partial charge in [-0.15, -0.1) is 48.6 Å². The van der Waals surface area contributed by atoms with E-state index in [0.717, 1.165) is 60.7 Å². The monoisotopic (exact) mass is 538 g/mol. The number of rotatable bonds is 7. The molecule has 0 atom stereocenters. The Kier molecular flexibility index (Phi) is 11.9. The van der Waals surface area contributed by atoms with Crippen LogP contribution in [0.2, 0.25) is 5.02 Å². The van der Waals surface area contributed by atoms with E-state index in [1.165, 1.54) is 11.3 Å². The SMILES string of the molecule is Cl.Cl.Cl.NC(=O)c1cccc2sc(-c3nc(NCCCN4CCNCC4)ncc3Cl)cc12. The molecule has 3 aromatic rings. The summed E-state index contributed by atoms with van der Waals surface area (Å²) in [5, 5.41) is 7.95. The van der Waals surface area contributed by atoms with E-state index in [1.807, 2.05) is 18.2 Å². The molecule has 0 radical (unpaired) electrons. The topological polar surface area (TPSA) is 96.2 Å². The molecule has 7 nitrogen and oxygen atoms in total. The van der Waals surface area contributed by atoms with E-state index in [2.05, 4.69) is 25.5 Å². The van der Waals surface area contributed by atoms with E-state index >= 15 is 0 Å². The zero-order chi connectivity index (χ0) is 20.2. The molecule has 1 aromatic carbocycles. The maximum Gasteiger partial charge on any atom is 0.249 e. The van der Waals surface area contributed by atoms with Gasteiger partial charge in [0.15, 0.2) is 0 Å². The summed E-state index contributed by atoms with van der Waals surface area (Å²) in [4.78, 5) is 24.0. The third-order valence-corrected chi connectivity index (χ3v) is 6.33. The summed E-state index contributed by atoms with van der Waals surface area (Å²) in [6, 6.07) is 7.44. The molecule has 3 heterocycles. The summed E-state index contributed by atoms with van der Waals surface area (Å²) in [7, 11) is 0. The lowest BCUT2D eigenvalue weighted by Gasteiger charge is -2.27. The van der Waals surface area contributed by atoms with Crippen LogP contribution in [0.15, 0.2) is 30.5 Å². The third kappa shape index (κ3) is 6.81. The van der Waals surface area contributed by atoms with Gasteiger partial charge in [-0.1, -0.05) is 17.7 Å². The molecule has 0 bridgehead atoms.